The molecule has 2 aromatic rings. The van der Waals surface area contributed by atoms with Gasteiger partial charge in [0.05, 0.1) is 10.6 Å². The Bertz CT molecular complexity index is 639. The van der Waals surface area contributed by atoms with Crippen LogP contribution in [0.5, 0.6) is 0 Å². The van der Waals surface area contributed by atoms with Crippen LogP contribution >= 0.6 is 11.8 Å². The molecular formula is C14H11F3N2OS. The molecule has 0 radical (unpaired) electrons. The number of amides is 1. The summed E-state index contributed by atoms with van der Waals surface area (Å²) >= 11 is 0.721. The van der Waals surface area contributed by atoms with Crippen LogP contribution in [0, 0.1) is 17.5 Å². The van der Waals surface area contributed by atoms with E-state index in [4.69, 9.17) is 5.73 Å². The van der Waals surface area contributed by atoms with E-state index in [9.17, 15) is 18.0 Å². The van der Waals surface area contributed by atoms with Crippen molar-refractivity contribution in [2.45, 2.75) is 4.90 Å². The van der Waals surface area contributed by atoms with Crippen molar-refractivity contribution < 1.29 is 18.0 Å². The molecule has 0 spiro atoms. The molecule has 0 atom stereocenters. The lowest BCUT2D eigenvalue weighted by atomic mass is 10.3. The van der Waals surface area contributed by atoms with E-state index in [1.54, 1.807) is 0 Å². The maximum Gasteiger partial charge on any atom is 0.234 e. The van der Waals surface area contributed by atoms with Gasteiger partial charge in [-0.25, -0.2) is 13.2 Å². The largest absolute Gasteiger partial charge is 0.399 e. The minimum Gasteiger partial charge on any atom is -0.399 e. The smallest absolute Gasteiger partial charge is 0.234 e. The monoisotopic (exact) mass is 312 g/mol. The van der Waals surface area contributed by atoms with Gasteiger partial charge in [0.15, 0.2) is 0 Å². The average molecular weight is 312 g/mol. The Morgan fingerprint density at radius 1 is 1.10 bits per heavy atom. The van der Waals surface area contributed by atoms with E-state index in [0.717, 1.165) is 23.9 Å². The van der Waals surface area contributed by atoms with Gasteiger partial charge < -0.3 is 11.1 Å². The molecule has 3 N–H and O–H groups in total. The van der Waals surface area contributed by atoms with Crippen LogP contribution in [-0.2, 0) is 4.79 Å². The highest BCUT2D eigenvalue weighted by Gasteiger charge is 2.13. The number of rotatable bonds is 4. The summed E-state index contributed by atoms with van der Waals surface area (Å²) < 4.78 is 39.7. The van der Waals surface area contributed by atoms with Crippen molar-refractivity contribution in [3.05, 3.63) is 53.8 Å². The van der Waals surface area contributed by atoms with Crippen molar-refractivity contribution in [1.29, 1.82) is 0 Å². The second-order valence-corrected chi connectivity index (χ2v) is 5.14. The second kappa shape index (κ2) is 6.53. The van der Waals surface area contributed by atoms with Gasteiger partial charge in [0, 0.05) is 11.4 Å². The first-order chi connectivity index (χ1) is 9.95. The van der Waals surface area contributed by atoms with Crippen molar-refractivity contribution in [2.75, 3.05) is 16.8 Å². The van der Waals surface area contributed by atoms with Crippen LogP contribution in [0.3, 0.4) is 0 Å². The van der Waals surface area contributed by atoms with Gasteiger partial charge in [-0.15, -0.1) is 11.8 Å². The number of halogens is 3. The number of anilines is 2. The molecule has 3 nitrogen and oxygen atoms in total. The number of carbonyl (C=O) groups is 1. The molecule has 0 aliphatic carbocycles. The van der Waals surface area contributed by atoms with E-state index < -0.39 is 23.4 Å². The van der Waals surface area contributed by atoms with E-state index in [1.165, 1.54) is 24.3 Å². The fourth-order valence-electron chi connectivity index (χ4n) is 1.59. The third kappa shape index (κ3) is 4.16. The quantitative estimate of drug-likeness (QED) is 0.672. The highest BCUT2D eigenvalue weighted by Crippen LogP contribution is 2.27. The summed E-state index contributed by atoms with van der Waals surface area (Å²) in [4.78, 5) is 11.4. The number of nitrogens with two attached hydrogens (primary N) is 1. The number of nitrogen functional groups attached to an aromatic ring is 1. The van der Waals surface area contributed by atoms with Gasteiger partial charge >= 0.3 is 0 Å². The number of hydrogen-bond donors (Lipinski definition) is 2. The number of thioether (sulfide) groups is 1. The van der Waals surface area contributed by atoms with E-state index in [0.29, 0.717) is 5.69 Å². The van der Waals surface area contributed by atoms with Gasteiger partial charge in [-0.05, 0) is 36.4 Å². The summed E-state index contributed by atoms with van der Waals surface area (Å²) in [5, 5.41) is 2.49. The molecule has 110 valence electrons. The number of hydrogen-bond acceptors (Lipinski definition) is 3. The maximum atomic E-state index is 13.5. The number of nitrogens with one attached hydrogen (secondary N) is 1. The Labute approximate surface area is 123 Å². The van der Waals surface area contributed by atoms with Gasteiger partial charge in [0.2, 0.25) is 5.91 Å². The second-order valence-electron chi connectivity index (χ2n) is 4.16. The van der Waals surface area contributed by atoms with Crippen LogP contribution in [0.2, 0.25) is 0 Å². The van der Waals surface area contributed by atoms with Crippen molar-refractivity contribution in [2.24, 2.45) is 0 Å². The van der Waals surface area contributed by atoms with Gasteiger partial charge in [-0.2, -0.15) is 0 Å². The number of carbonyl (C=O) groups excluding carboxylic acids is 1. The number of benzene rings is 2. The van der Waals surface area contributed by atoms with Crippen LogP contribution in [0.25, 0.3) is 0 Å². The molecule has 0 saturated carbocycles. The van der Waals surface area contributed by atoms with Crippen LogP contribution in [0.1, 0.15) is 0 Å². The van der Waals surface area contributed by atoms with Gasteiger partial charge in [-0.1, -0.05) is 0 Å². The molecule has 21 heavy (non-hydrogen) atoms. The first-order valence-corrected chi connectivity index (χ1v) is 6.87. The summed E-state index contributed by atoms with van der Waals surface area (Å²) in [6, 6.07) is 7.15. The topological polar surface area (TPSA) is 55.1 Å². The lowest BCUT2D eigenvalue weighted by Crippen LogP contribution is -2.14. The Morgan fingerprint density at radius 3 is 2.24 bits per heavy atom. The first-order valence-electron chi connectivity index (χ1n) is 5.88. The minimum atomic E-state index is -0.813. The van der Waals surface area contributed by atoms with E-state index in [-0.39, 0.29) is 16.3 Å². The standard InChI is InChI=1S/C14H11F3N2OS/c15-8-1-3-10(4-2-8)19-13(20)7-21-14-11(16)5-9(18)6-12(14)17/h1-6H,7,18H2,(H,19,20). The molecule has 0 aliphatic rings. The van der Waals surface area contributed by atoms with Crippen LogP contribution in [0.4, 0.5) is 24.5 Å². The SMILES string of the molecule is Nc1cc(F)c(SCC(=O)Nc2ccc(F)cc2)c(F)c1. The summed E-state index contributed by atoms with van der Waals surface area (Å²) in [7, 11) is 0. The van der Waals surface area contributed by atoms with Gasteiger partial charge in [0.25, 0.3) is 0 Å². The van der Waals surface area contributed by atoms with Crippen molar-refractivity contribution in [1.82, 2.24) is 0 Å². The Morgan fingerprint density at radius 2 is 1.67 bits per heavy atom. The third-order valence-corrected chi connectivity index (χ3v) is 3.58. The van der Waals surface area contributed by atoms with E-state index in [2.05, 4.69) is 5.32 Å². The highest BCUT2D eigenvalue weighted by atomic mass is 32.2. The Kier molecular flexibility index (Phi) is 4.74. The predicted octanol–water partition coefficient (Wildman–Crippen LogP) is 3.42. The average Bonchev–Trinajstić information content (AvgIpc) is 2.40. The molecule has 7 heteroatoms. The summed E-state index contributed by atoms with van der Waals surface area (Å²) in [5.41, 5.74) is 5.68. The van der Waals surface area contributed by atoms with Crippen LogP contribution in [-0.4, -0.2) is 11.7 Å². The molecule has 0 aromatic heterocycles. The predicted molar refractivity (Wildman–Crippen MR) is 76.5 cm³/mol. The van der Waals surface area contributed by atoms with Crippen LogP contribution < -0.4 is 11.1 Å². The zero-order chi connectivity index (χ0) is 15.4. The molecule has 0 aliphatic heterocycles. The van der Waals surface area contributed by atoms with Crippen molar-refractivity contribution >= 4 is 29.0 Å². The molecule has 1 amide bonds. The van der Waals surface area contributed by atoms with Crippen molar-refractivity contribution in [3.8, 4) is 0 Å². The maximum absolute atomic E-state index is 13.5. The lowest BCUT2D eigenvalue weighted by Gasteiger charge is -2.07. The summed E-state index contributed by atoms with van der Waals surface area (Å²) in [6.07, 6.45) is 0. The molecule has 0 heterocycles. The Hall–Kier alpha value is -2.15. The fourth-order valence-corrected chi connectivity index (χ4v) is 2.33. The van der Waals surface area contributed by atoms with Crippen molar-refractivity contribution in [3.63, 3.8) is 0 Å². The molecule has 0 unspecified atom stereocenters. The zero-order valence-corrected chi connectivity index (χ0v) is 11.5. The molecule has 2 aromatic carbocycles. The third-order valence-electron chi connectivity index (χ3n) is 2.50. The molecule has 2 rings (SSSR count). The van der Waals surface area contributed by atoms with E-state index >= 15 is 0 Å². The normalized spacial score (nSPS) is 10.4. The van der Waals surface area contributed by atoms with Gasteiger partial charge in [-0.3, -0.25) is 4.79 Å². The Balaban J connectivity index is 1.97. The van der Waals surface area contributed by atoms with E-state index in [1.807, 2.05) is 0 Å². The highest BCUT2D eigenvalue weighted by molar-refractivity contribution is 8.00. The molecule has 0 saturated heterocycles. The lowest BCUT2D eigenvalue weighted by molar-refractivity contribution is -0.113. The molecule has 0 fully saturated rings. The first kappa shape index (κ1) is 15.2. The van der Waals surface area contributed by atoms with Gasteiger partial charge in [0.1, 0.15) is 17.5 Å². The zero-order valence-electron chi connectivity index (χ0n) is 10.7. The summed E-state index contributed by atoms with van der Waals surface area (Å²) in [6.45, 7) is 0. The molecule has 0 bridgehead atoms. The minimum absolute atomic E-state index is 0.0230. The fraction of sp³-hybridized carbons (Fsp3) is 0.0714. The molecular weight excluding hydrogens is 301 g/mol. The van der Waals surface area contributed by atoms with Crippen LogP contribution in [0.15, 0.2) is 41.3 Å². The summed E-state index contributed by atoms with van der Waals surface area (Å²) in [5.74, 6) is -2.69.